The number of rotatable bonds is 3. The average molecular weight is 341 g/mol. The van der Waals surface area contributed by atoms with E-state index in [0.29, 0.717) is 0 Å². The van der Waals surface area contributed by atoms with E-state index < -0.39 is 44.9 Å². The van der Waals surface area contributed by atoms with E-state index in [9.17, 15) is 18.0 Å². The molecule has 0 aliphatic carbocycles. The maximum atomic E-state index is 11.9. The number of carbonyl (C=O) groups is 2. The lowest BCUT2D eigenvalue weighted by molar-refractivity contribution is -0.123. The van der Waals surface area contributed by atoms with E-state index in [1.165, 1.54) is 6.92 Å². The van der Waals surface area contributed by atoms with E-state index >= 15 is 0 Å². The van der Waals surface area contributed by atoms with Crippen LogP contribution in [0.15, 0.2) is 0 Å². The van der Waals surface area contributed by atoms with Crippen molar-refractivity contribution in [3.63, 3.8) is 0 Å². The standard InChI is InChI=1S/C12H21ClN2O5S/c1-7(14-11(17)20-12(2,3)4)10(16)15-9-6-21(18,19)5-8(9)13/h7-9H,5-6H2,1-4H3,(H,14,17)(H,15,16)/t7-,8+,9+/m0/s1. The van der Waals surface area contributed by atoms with Crippen LogP contribution in [0, 0.1) is 0 Å². The molecule has 1 rings (SSSR count). The van der Waals surface area contributed by atoms with Gasteiger partial charge in [0.1, 0.15) is 11.6 Å². The Hall–Kier alpha value is -1.02. The predicted octanol–water partition coefficient (Wildman–Crippen LogP) is 0.420. The Morgan fingerprint density at radius 1 is 1.29 bits per heavy atom. The highest BCUT2D eigenvalue weighted by atomic mass is 35.5. The molecule has 1 heterocycles. The van der Waals surface area contributed by atoms with Crippen LogP contribution in [0.1, 0.15) is 27.7 Å². The van der Waals surface area contributed by atoms with Gasteiger partial charge in [-0.2, -0.15) is 0 Å². The number of carbonyl (C=O) groups excluding carboxylic acids is 2. The van der Waals surface area contributed by atoms with Gasteiger partial charge in [0.05, 0.1) is 22.9 Å². The molecule has 9 heteroatoms. The molecule has 1 aliphatic heterocycles. The van der Waals surface area contributed by atoms with E-state index in [4.69, 9.17) is 16.3 Å². The van der Waals surface area contributed by atoms with Crippen LogP contribution in [0.5, 0.6) is 0 Å². The van der Waals surface area contributed by atoms with Gasteiger partial charge in [-0.1, -0.05) is 0 Å². The third-order valence-corrected chi connectivity index (χ3v) is 5.11. The Balaban J connectivity index is 2.50. The molecule has 21 heavy (non-hydrogen) atoms. The van der Waals surface area contributed by atoms with Crippen LogP contribution in [0.2, 0.25) is 0 Å². The SMILES string of the molecule is C[C@H](NC(=O)OC(C)(C)C)C(=O)N[C@@H]1CS(=O)(=O)C[C@H]1Cl. The van der Waals surface area contributed by atoms with Crippen LogP contribution in [-0.2, 0) is 19.4 Å². The first-order valence-corrected chi connectivity index (χ1v) is 8.80. The van der Waals surface area contributed by atoms with Crippen molar-refractivity contribution in [3.8, 4) is 0 Å². The van der Waals surface area contributed by atoms with Crippen LogP contribution in [0.4, 0.5) is 4.79 Å². The quantitative estimate of drug-likeness (QED) is 0.725. The number of nitrogens with one attached hydrogen (secondary N) is 2. The molecule has 2 amide bonds. The predicted molar refractivity (Wildman–Crippen MR) is 79.1 cm³/mol. The summed E-state index contributed by atoms with van der Waals surface area (Å²) in [4.78, 5) is 23.5. The van der Waals surface area contributed by atoms with Gasteiger partial charge >= 0.3 is 6.09 Å². The maximum absolute atomic E-state index is 11.9. The van der Waals surface area contributed by atoms with Crippen molar-refractivity contribution in [3.05, 3.63) is 0 Å². The number of hydrogen-bond donors (Lipinski definition) is 2. The molecular weight excluding hydrogens is 320 g/mol. The molecule has 1 fully saturated rings. The monoisotopic (exact) mass is 340 g/mol. The van der Waals surface area contributed by atoms with Crippen LogP contribution in [0.25, 0.3) is 0 Å². The Morgan fingerprint density at radius 3 is 2.29 bits per heavy atom. The first-order valence-electron chi connectivity index (χ1n) is 6.54. The van der Waals surface area contributed by atoms with Crippen LogP contribution >= 0.6 is 11.6 Å². The molecule has 7 nitrogen and oxygen atoms in total. The summed E-state index contributed by atoms with van der Waals surface area (Å²) in [7, 11) is -3.22. The molecule has 0 saturated carbocycles. The summed E-state index contributed by atoms with van der Waals surface area (Å²) in [5.41, 5.74) is -0.666. The van der Waals surface area contributed by atoms with Gasteiger partial charge in [0.25, 0.3) is 0 Å². The van der Waals surface area contributed by atoms with Gasteiger partial charge < -0.3 is 15.4 Å². The maximum Gasteiger partial charge on any atom is 0.408 e. The highest BCUT2D eigenvalue weighted by Crippen LogP contribution is 2.18. The van der Waals surface area contributed by atoms with Gasteiger partial charge in [0.2, 0.25) is 5.91 Å². The normalized spacial score (nSPS) is 26.0. The molecule has 0 aromatic carbocycles. The topological polar surface area (TPSA) is 102 Å². The third-order valence-electron chi connectivity index (χ3n) is 2.74. The lowest BCUT2D eigenvalue weighted by atomic mass is 10.2. The molecule has 0 bridgehead atoms. The summed E-state index contributed by atoms with van der Waals surface area (Å²) in [6.07, 6.45) is -0.716. The number of sulfone groups is 1. The highest BCUT2D eigenvalue weighted by molar-refractivity contribution is 7.91. The summed E-state index contributed by atoms with van der Waals surface area (Å²) in [5, 5.41) is 4.25. The fourth-order valence-corrected chi connectivity index (χ4v) is 4.34. The van der Waals surface area contributed by atoms with Gasteiger partial charge in [-0.3, -0.25) is 4.79 Å². The molecule has 0 aromatic rings. The minimum absolute atomic E-state index is 0.159. The van der Waals surface area contributed by atoms with Crippen molar-refractivity contribution in [1.29, 1.82) is 0 Å². The lowest BCUT2D eigenvalue weighted by Crippen LogP contribution is -2.51. The van der Waals surface area contributed by atoms with Crippen molar-refractivity contribution >= 4 is 33.4 Å². The first kappa shape index (κ1) is 18.0. The second-order valence-corrected chi connectivity index (χ2v) is 8.79. The fourth-order valence-electron chi connectivity index (χ4n) is 1.79. The average Bonchev–Trinajstić information content (AvgIpc) is 2.48. The summed E-state index contributed by atoms with van der Waals surface area (Å²) >= 11 is 5.90. The third kappa shape index (κ3) is 6.09. The molecule has 122 valence electrons. The highest BCUT2D eigenvalue weighted by Gasteiger charge is 2.38. The van der Waals surface area contributed by atoms with E-state index in [1.807, 2.05) is 0 Å². The smallest absolute Gasteiger partial charge is 0.408 e. The van der Waals surface area contributed by atoms with E-state index in [1.54, 1.807) is 20.8 Å². The van der Waals surface area contributed by atoms with Gasteiger partial charge in [0.15, 0.2) is 9.84 Å². The zero-order valence-corrected chi connectivity index (χ0v) is 14.0. The van der Waals surface area contributed by atoms with Crippen molar-refractivity contribution in [2.45, 2.75) is 50.8 Å². The lowest BCUT2D eigenvalue weighted by Gasteiger charge is -2.22. The van der Waals surface area contributed by atoms with Crippen LogP contribution in [-0.4, -0.2) is 55.0 Å². The molecule has 0 unspecified atom stereocenters. The van der Waals surface area contributed by atoms with Gasteiger partial charge in [-0.05, 0) is 27.7 Å². The van der Waals surface area contributed by atoms with Crippen molar-refractivity contribution in [2.75, 3.05) is 11.5 Å². The zero-order valence-electron chi connectivity index (χ0n) is 12.5. The summed E-state index contributed by atoms with van der Waals surface area (Å²) in [6.45, 7) is 6.60. The van der Waals surface area contributed by atoms with Crippen LogP contribution < -0.4 is 10.6 Å². The molecule has 1 aliphatic rings. The molecule has 0 spiro atoms. The molecular formula is C12H21ClN2O5S. The number of ether oxygens (including phenoxy) is 1. The Morgan fingerprint density at radius 2 is 1.86 bits per heavy atom. The van der Waals surface area contributed by atoms with Crippen molar-refractivity contribution in [2.24, 2.45) is 0 Å². The molecule has 2 N–H and O–H groups in total. The fraction of sp³-hybridized carbons (Fsp3) is 0.833. The van der Waals surface area contributed by atoms with Gasteiger partial charge in [-0.15, -0.1) is 11.6 Å². The number of halogens is 1. The molecule has 0 radical (unpaired) electrons. The molecule has 1 saturated heterocycles. The zero-order chi connectivity index (χ0) is 16.4. The number of alkyl carbamates (subject to hydrolysis) is 1. The van der Waals surface area contributed by atoms with Crippen molar-refractivity contribution < 1.29 is 22.7 Å². The Kier molecular flexibility index (Phi) is 5.49. The van der Waals surface area contributed by atoms with Crippen LogP contribution in [0.3, 0.4) is 0 Å². The largest absolute Gasteiger partial charge is 0.444 e. The van der Waals surface area contributed by atoms with E-state index in [0.717, 1.165) is 0 Å². The number of amides is 2. The van der Waals surface area contributed by atoms with E-state index in [-0.39, 0.29) is 11.5 Å². The second kappa shape index (κ2) is 6.39. The second-order valence-electron chi connectivity index (χ2n) is 6.08. The number of hydrogen-bond acceptors (Lipinski definition) is 5. The summed E-state index contributed by atoms with van der Waals surface area (Å²) in [6, 6.07) is -1.50. The summed E-state index contributed by atoms with van der Waals surface area (Å²) in [5.74, 6) is -0.854. The number of alkyl halides is 1. The van der Waals surface area contributed by atoms with Crippen molar-refractivity contribution in [1.82, 2.24) is 10.6 Å². The first-order chi connectivity index (χ1) is 9.39. The minimum atomic E-state index is -3.22. The van der Waals surface area contributed by atoms with Gasteiger partial charge in [0, 0.05) is 0 Å². The van der Waals surface area contributed by atoms with Gasteiger partial charge in [-0.25, -0.2) is 13.2 Å². The molecule has 3 atom stereocenters. The Labute approximate surface area is 129 Å². The summed E-state index contributed by atoms with van der Waals surface area (Å²) < 4.78 is 27.9. The Bertz CT molecular complexity index is 514. The van der Waals surface area contributed by atoms with E-state index in [2.05, 4.69) is 10.6 Å². The minimum Gasteiger partial charge on any atom is -0.444 e. The molecule has 0 aromatic heterocycles.